The lowest BCUT2D eigenvalue weighted by molar-refractivity contribution is -0.122. The zero-order valence-corrected chi connectivity index (χ0v) is 21.8. The third kappa shape index (κ3) is 5.83. The molecule has 1 saturated heterocycles. The second-order valence-electron chi connectivity index (χ2n) is 8.08. The zero-order chi connectivity index (χ0) is 26.7. The number of benzene rings is 3. The number of nitrogens with zero attached hydrogens (tertiary/aromatic N) is 1. The summed E-state index contributed by atoms with van der Waals surface area (Å²) in [6.45, 7) is 2.13. The van der Waals surface area contributed by atoms with Crippen molar-refractivity contribution in [1.82, 2.24) is 5.32 Å². The molecule has 0 bridgehead atoms. The molecule has 1 aliphatic rings. The number of aromatic carboxylic acids is 1. The summed E-state index contributed by atoms with van der Waals surface area (Å²) in [4.78, 5) is 38.1. The van der Waals surface area contributed by atoms with Crippen molar-refractivity contribution in [3.05, 3.63) is 98.5 Å². The van der Waals surface area contributed by atoms with Gasteiger partial charge in [0.25, 0.3) is 11.8 Å². The SMILES string of the molecule is CCc1ccc(N2C(=O)C(=Cc3cc(Cl)c(OCc4ccc(C(=O)O)cc4)c(Cl)c3)C(=O)NC2=S)cc1. The Bertz CT molecular complexity index is 1410. The molecule has 0 spiro atoms. The van der Waals surface area contributed by atoms with Gasteiger partial charge in [0.1, 0.15) is 12.2 Å². The van der Waals surface area contributed by atoms with Gasteiger partial charge in [-0.05, 0) is 77.8 Å². The number of carbonyl (C=O) groups is 3. The second kappa shape index (κ2) is 11.1. The van der Waals surface area contributed by atoms with E-state index in [-0.39, 0.29) is 38.7 Å². The van der Waals surface area contributed by atoms with Crippen LogP contribution in [0.5, 0.6) is 5.75 Å². The van der Waals surface area contributed by atoms with Crippen molar-refractivity contribution in [1.29, 1.82) is 0 Å². The molecular formula is C27H20Cl2N2O5S. The summed E-state index contributed by atoms with van der Waals surface area (Å²) >= 11 is 18.1. The van der Waals surface area contributed by atoms with Crippen molar-refractivity contribution in [3.63, 3.8) is 0 Å². The lowest BCUT2D eigenvalue weighted by Crippen LogP contribution is -2.54. The Morgan fingerprint density at radius 3 is 2.19 bits per heavy atom. The van der Waals surface area contributed by atoms with Gasteiger partial charge in [-0.15, -0.1) is 0 Å². The van der Waals surface area contributed by atoms with Crippen LogP contribution in [-0.4, -0.2) is 28.0 Å². The van der Waals surface area contributed by atoms with E-state index in [0.717, 1.165) is 17.5 Å². The Balaban J connectivity index is 1.56. The molecule has 0 aromatic heterocycles. The summed E-state index contributed by atoms with van der Waals surface area (Å²) in [5, 5.41) is 11.9. The minimum Gasteiger partial charge on any atom is -0.486 e. The summed E-state index contributed by atoms with van der Waals surface area (Å²) in [5.41, 5.74) is 2.80. The number of carbonyl (C=O) groups excluding carboxylic acids is 2. The van der Waals surface area contributed by atoms with Crippen LogP contribution in [0, 0.1) is 0 Å². The Morgan fingerprint density at radius 1 is 1.03 bits per heavy atom. The van der Waals surface area contributed by atoms with Crippen molar-refractivity contribution < 1.29 is 24.2 Å². The number of hydrogen-bond acceptors (Lipinski definition) is 5. The highest BCUT2D eigenvalue weighted by Crippen LogP contribution is 2.36. The van der Waals surface area contributed by atoms with Crippen LogP contribution in [0.25, 0.3) is 6.08 Å². The fourth-order valence-corrected chi connectivity index (χ4v) is 4.53. The zero-order valence-electron chi connectivity index (χ0n) is 19.5. The van der Waals surface area contributed by atoms with Gasteiger partial charge in [-0.3, -0.25) is 19.8 Å². The van der Waals surface area contributed by atoms with E-state index in [1.54, 1.807) is 24.3 Å². The number of carboxylic acid groups (broad SMARTS) is 1. The molecule has 3 aromatic carbocycles. The molecule has 0 atom stereocenters. The largest absolute Gasteiger partial charge is 0.486 e. The molecule has 1 heterocycles. The van der Waals surface area contributed by atoms with Gasteiger partial charge in [0.05, 0.1) is 21.3 Å². The van der Waals surface area contributed by atoms with Crippen LogP contribution >= 0.6 is 35.4 Å². The van der Waals surface area contributed by atoms with E-state index in [1.165, 1.54) is 35.2 Å². The van der Waals surface area contributed by atoms with Gasteiger partial charge in [-0.1, -0.05) is 54.4 Å². The van der Waals surface area contributed by atoms with Gasteiger partial charge >= 0.3 is 5.97 Å². The van der Waals surface area contributed by atoms with Crippen LogP contribution in [-0.2, 0) is 22.6 Å². The maximum Gasteiger partial charge on any atom is 0.335 e. The van der Waals surface area contributed by atoms with Gasteiger partial charge in [0, 0.05) is 0 Å². The molecular weight excluding hydrogens is 535 g/mol. The van der Waals surface area contributed by atoms with Gasteiger partial charge in [-0.2, -0.15) is 0 Å². The molecule has 4 rings (SSSR count). The molecule has 0 radical (unpaired) electrons. The molecule has 1 fully saturated rings. The Kier molecular flexibility index (Phi) is 7.92. The van der Waals surface area contributed by atoms with E-state index in [4.69, 9.17) is 45.3 Å². The van der Waals surface area contributed by atoms with Gasteiger partial charge in [-0.25, -0.2) is 4.79 Å². The average molecular weight is 555 g/mol. The lowest BCUT2D eigenvalue weighted by atomic mass is 10.1. The Morgan fingerprint density at radius 2 is 1.62 bits per heavy atom. The molecule has 10 heteroatoms. The third-order valence-electron chi connectivity index (χ3n) is 5.62. The molecule has 37 heavy (non-hydrogen) atoms. The summed E-state index contributed by atoms with van der Waals surface area (Å²) in [5.74, 6) is -2.01. The van der Waals surface area contributed by atoms with Crippen molar-refractivity contribution >= 4 is 70.1 Å². The van der Waals surface area contributed by atoms with Crippen LogP contribution in [0.3, 0.4) is 0 Å². The Hall–Kier alpha value is -3.72. The number of nitrogens with one attached hydrogen (secondary N) is 1. The molecule has 0 saturated carbocycles. The highest BCUT2D eigenvalue weighted by atomic mass is 35.5. The standard InChI is InChI=1S/C27H20Cl2N2O5S/c1-2-15-5-9-19(10-6-15)31-25(33)20(24(32)30-27(31)37)11-17-12-21(28)23(22(29)13-17)36-14-16-3-7-18(8-4-16)26(34)35/h3-13H,2,14H2,1H3,(H,34,35)(H,30,32,37). The van der Waals surface area contributed by atoms with Crippen molar-refractivity contribution in [3.8, 4) is 5.75 Å². The molecule has 7 nitrogen and oxygen atoms in total. The minimum absolute atomic E-state index is 0.00685. The monoisotopic (exact) mass is 554 g/mol. The predicted octanol–water partition coefficient (Wildman–Crippen LogP) is 5.66. The molecule has 0 aliphatic carbocycles. The fraction of sp³-hybridized carbons (Fsp3) is 0.111. The first-order valence-corrected chi connectivity index (χ1v) is 12.3. The number of amides is 2. The molecule has 3 aromatic rings. The van der Waals surface area contributed by atoms with Gasteiger partial charge in [0.2, 0.25) is 0 Å². The van der Waals surface area contributed by atoms with Crippen LogP contribution < -0.4 is 15.0 Å². The number of halogens is 2. The van der Waals surface area contributed by atoms with Crippen molar-refractivity contribution in [2.45, 2.75) is 20.0 Å². The number of rotatable bonds is 7. The van der Waals surface area contributed by atoms with Crippen LogP contribution in [0.1, 0.15) is 34.0 Å². The normalized spacial score (nSPS) is 14.6. The van der Waals surface area contributed by atoms with E-state index < -0.39 is 17.8 Å². The van der Waals surface area contributed by atoms with Crippen molar-refractivity contribution in [2.24, 2.45) is 0 Å². The number of hydrogen-bond donors (Lipinski definition) is 2. The van der Waals surface area contributed by atoms with Crippen LogP contribution in [0.2, 0.25) is 10.0 Å². The predicted molar refractivity (Wildman–Crippen MR) is 146 cm³/mol. The highest BCUT2D eigenvalue weighted by molar-refractivity contribution is 7.80. The van der Waals surface area contributed by atoms with E-state index in [1.807, 2.05) is 19.1 Å². The van der Waals surface area contributed by atoms with Crippen LogP contribution in [0.4, 0.5) is 5.69 Å². The quantitative estimate of drug-likeness (QED) is 0.222. The smallest absolute Gasteiger partial charge is 0.335 e. The summed E-state index contributed by atoms with van der Waals surface area (Å²) < 4.78 is 5.75. The minimum atomic E-state index is -1.02. The summed E-state index contributed by atoms with van der Waals surface area (Å²) in [7, 11) is 0. The van der Waals surface area contributed by atoms with E-state index in [9.17, 15) is 14.4 Å². The van der Waals surface area contributed by atoms with Crippen LogP contribution in [0.15, 0.2) is 66.2 Å². The number of thiocarbonyl (C=S) groups is 1. The topological polar surface area (TPSA) is 95.9 Å². The molecule has 2 amide bonds. The van der Waals surface area contributed by atoms with Gasteiger partial charge in [0.15, 0.2) is 10.9 Å². The first-order valence-electron chi connectivity index (χ1n) is 11.1. The Labute approximate surface area is 228 Å². The summed E-state index contributed by atoms with van der Waals surface area (Å²) in [6, 6.07) is 16.6. The molecule has 188 valence electrons. The third-order valence-corrected chi connectivity index (χ3v) is 6.47. The maximum atomic E-state index is 13.2. The first kappa shape index (κ1) is 26.3. The number of anilines is 1. The van der Waals surface area contributed by atoms with E-state index in [0.29, 0.717) is 11.3 Å². The highest BCUT2D eigenvalue weighted by Gasteiger charge is 2.34. The van der Waals surface area contributed by atoms with Crippen molar-refractivity contribution in [2.75, 3.05) is 4.90 Å². The first-order chi connectivity index (χ1) is 17.7. The second-order valence-corrected chi connectivity index (χ2v) is 9.28. The number of carboxylic acids is 1. The summed E-state index contributed by atoms with van der Waals surface area (Å²) in [6.07, 6.45) is 2.23. The van der Waals surface area contributed by atoms with E-state index >= 15 is 0 Å². The van der Waals surface area contributed by atoms with Gasteiger partial charge < -0.3 is 9.84 Å². The lowest BCUT2D eigenvalue weighted by Gasteiger charge is -2.29. The number of ether oxygens (including phenoxy) is 1. The molecule has 1 aliphatic heterocycles. The number of aryl methyl sites for hydroxylation is 1. The maximum absolute atomic E-state index is 13.2. The van der Waals surface area contributed by atoms with E-state index in [2.05, 4.69) is 5.32 Å². The molecule has 0 unspecified atom stereocenters. The molecule has 2 N–H and O–H groups in total. The fourth-order valence-electron chi connectivity index (χ4n) is 3.64. The average Bonchev–Trinajstić information content (AvgIpc) is 2.86.